The number of allylic oxidation sites excluding steroid dienone is 1. The second kappa shape index (κ2) is 8.74. The Balaban J connectivity index is 1.76. The van der Waals surface area contributed by atoms with Crippen LogP contribution in [0.25, 0.3) is 0 Å². The molecular weight excluding hydrogens is 342 g/mol. The van der Waals surface area contributed by atoms with Gasteiger partial charge in [-0.1, -0.05) is 25.5 Å². The van der Waals surface area contributed by atoms with E-state index in [1.165, 1.54) is 5.57 Å². The molecule has 0 unspecified atom stereocenters. The molecule has 0 aliphatic carbocycles. The van der Waals surface area contributed by atoms with Crippen molar-refractivity contribution in [1.82, 2.24) is 14.7 Å². The lowest BCUT2D eigenvalue weighted by Gasteiger charge is -2.40. The van der Waals surface area contributed by atoms with Crippen LogP contribution in [0.4, 0.5) is 0 Å². The SMILES string of the molecule is CC(C)=CCN1CC(=O)N2[C@H](C[C@@H](C(=O)N3CCOCC3)[C@H]2CC(C)C)C1. The number of amides is 2. The zero-order valence-corrected chi connectivity index (χ0v) is 17.3. The summed E-state index contributed by atoms with van der Waals surface area (Å²) in [7, 11) is 0. The molecule has 0 saturated carbocycles. The Morgan fingerprint density at radius 3 is 2.59 bits per heavy atom. The number of rotatable bonds is 5. The van der Waals surface area contributed by atoms with E-state index in [2.05, 4.69) is 43.6 Å². The number of hydrogen-bond donors (Lipinski definition) is 0. The molecule has 152 valence electrons. The summed E-state index contributed by atoms with van der Waals surface area (Å²) in [5, 5.41) is 0. The fourth-order valence-corrected chi connectivity index (χ4v) is 4.71. The second-order valence-corrected chi connectivity index (χ2v) is 8.91. The van der Waals surface area contributed by atoms with Gasteiger partial charge >= 0.3 is 0 Å². The zero-order chi connectivity index (χ0) is 19.6. The first-order valence-electron chi connectivity index (χ1n) is 10.4. The first kappa shape index (κ1) is 20.3. The second-order valence-electron chi connectivity index (χ2n) is 8.91. The number of carbonyl (C=O) groups excluding carboxylic acids is 2. The van der Waals surface area contributed by atoms with Gasteiger partial charge in [-0.15, -0.1) is 0 Å². The summed E-state index contributed by atoms with van der Waals surface area (Å²) in [6.07, 6.45) is 3.88. The Hall–Kier alpha value is -1.40. The van der Waals surface area contributed by atoms with Gasteiger partial charge in [0, 0.05) is 38.3 Å². The summed E-state index contributed by atoms with van der Waals surface area (Å²) >= 11 is 0. The predicted molar refractivity (Wildman–Crippen MR) is 105 cm³/mol. The molecule has 2 amide bonds. The average Bonchev–Trinajstić information content (AvgIpc) is 2.98. The molecule has 27 heavy (non-hydrogen) atoms. The third-order valence-corrected chi connectivity index (χ3v) is 5.97. The lowest BCUT2D eigenvalue weighted by atomic mass is 9.90. The molecule has 0 spiro atoms. The van der Waals surface area contributed by atoms with E-state index < -0.39 is 0 Å². The minimum absolute atomic E-state index is 0.0449. The third kappa shape index (κ3) is 4.72. The van der Waals surface area contributed by atoms with Crippen molar-refractivity contribution in [2.24, 2.45) is 11.8 Å². The highest BCUT2D eigenvalue weighted by atomic mass is 16.5. The number of morpholine rings is 1. The van der Waals surface area contributed by atoms with Crippen LogP contribution in [0.1, 0.15) is 40.5 Å². The van der Waals surface area contributed by atoms with Gasteiger partial charge in [0.15, 0.2) is 0 Å². The summed E-state index contributed by atoms with van der Waals surface area (Å²) in [4.78, 5) is 32.5. The molecule has 3 rings (SSSR count). The molecule has 0 aromatic heterocycles. The third-order valence-electron chi connectivity index (χ3n) is 5.97. The number of carbonyl (C=O) groups is 2. The van der Waals surface area contributed by atoms with Crippen LogP contribution < -0.4 is 0 Å². The van der Waals surface area contributed by atoms with Crippen LogP contribution in [0, 0.1) is 11.8 Å². The lowest BCUT2D eigenvalue weighted by molar-refractivity contribution is -0.143. The van der Waals surface area contributed by atoms with Gasteiger partial charge in [-0.25, -0.2) is 0 Å². The van der Waals surface area contributed by atoms with E-state index in [1.807, 2.05) is 4.90 Å². The monoisotopic (exact) mass is 377 g/mol. The Morgan fingerprint density at radius 1 is 1.26 bits per heavy atom. The molecule has 3 aliphatic heterocycles. The first-order valence-corrected chi connectivity index (χ1v) is 10.4. The van der Waals surface area contributed by atoms with E-state index in [4.69, 9.17) is 4.74 Å². The largest absolute Gasteiger partial charge is 0.378 e. The molecule has 0 N–H and O–H groups in total. The summed E-state index contributed by atoms with van der Waals surface area (Å²) in [5.74, 6) is 0.812. The summed E-state index contributed by atoms with van der Waals surface area (Å²) < 4.78 is 5.41. The van der Waals surface area contributed by atoms with Gasteiger partial charge in [0.1, 0.15) is 0 Å². The van der Waals surface area contributed by atoms with E-state index in [1.54, 1.807) is 0 Å². The Kier molecular flexibility index (Phi) is 6.58. The Labute approximate surface area is 163 Å². The highest BCUT2D eigenvalue weighted by molar-refractivity contribution is 5.85. The van der Waals surface area contributed by atoms with E-state index >= 15 is 0 Å². The van der Waals surface area contributed by atoms with Gasteiger partial charge in [-0.05, 0) is 32.6 Å². The highest BCUT2D eigenvalue weighted by Crippen LogP contribution is 2.37. The Morgan fingerprint density at radius 2 is 1.96 bits per heavy atom. The van der Waals surface area contributed by atoms with E-state index in [-0.39, 0.29) is 29.8 Å². The molecule has 0 aromatic rings. The molecule has 6 nitrogen and oxygen atoms in total. The molecule has 6 heteroatoms. The minimum atomic E-state index is -0.0668. The van der Waals surface area contributed by atoms with Crippen molar-refractivity contribution in [3.8, 4) is 0 Å². The molecular formula is C21H35N3O3. The minimum Gasteiger partial charge on any atom is -0.378 e. The number of piperazine rings is 1. The van der Waals surface area contributed by atoms with Crippen LogP contribution in [-0.4, -0.2) is 84.5 Å². The maximum atomic E-state index is 13.2. The zero-order valence-electron chi connectivity index (χ0n) is 17.3. The van der Waals surface area contributed by atoms with Gasteiger partial charge in [-0.2, -0.15) is 0 Å². The topological polar surface area (TPSA) is 53.1 Å². The van der Waals surface area contributed by atoms with Crippen LogP contribution in [0.2, 0.25) is 0 Å². The van der Waals surface area contributed by atoms with Crippen molar-refractivity contribution < 1.29 is 14.3 Å². The van der Waals surface area contributed by atoms with E-state index in [0.29, 0.717) is 38.8 Å². The maximum absolute atomic E-state index is 13.2. The number of fused-ring (bicyclic) bond motifs is 1. The van der Waals surface area contributed by atoms with Crippen molar-refractivity contribution >= 4 is 11.8 Å². The molecule has 3 aliphatic rings. The maximum Gasteiger partial charge on any atom is 0.237 e. The van der Waals surface area contributed by atoms with Crippen LogP contribution in [0.5, 0.6) is 0 Å². The van der Waals surface area contributed by atoms with Crippen molar-refractivity contribution in [2.75, 3.05) is 45.9 Å². The van der Waals surface area contributed by atoms with Crippen molar-refractivity contribution in [3.05, 3.63) is 11.6 Å². The van der Waals surface area contributed by atoms with Crippen LogP contribution in [0.15, 0.2) is 11.6 Å². The van der Waals surface area contributed by atoms with Gasteiger partial charge in [0.25, 0.3) is 0 Å². The highest BCUT2D eigenvalue weighted by Gasteiger charge is 2.50. The molecule has 3 fully saturated rings. The first-order chi connectivity index (χ1) is 12.9. The van der Waals surface area contributed by atoms with Gasteiger partial charge in [-0.3, -0.25) is 14.5 Å². The average molecular weight is 378 g/mol. The predicted octanol–water partition coefficient (Wildman–Crippen LogP) is 1.76. The van der Waals surface area contributed by atoms with Crippen molar-refractivity contribution in [2.45, 2.75) is 52.6 Å². The van der Waals surface area contributed by atoms with Crippen LogP contribution in [0.3, 0.4) is 0 Å². The van der Waals surface area contributed by atoms with Crippen LogP contribution >= 0.6 is 0 Å². The number of nitrogens with zero attached hydrogens (tertiary/aromatic N) is 3. The quantitative estimate of drug-likeness (QED) is 0.685. The fourth-order valence-electron chi connectivity index (χ4n) is 4.71. The molecule has 3 atom stereocenters. The Bertz CT molecular complexity index is 579. The summed E-state index contributed by atoms with van der Waals surface area (Å²) in [6, 6.07) is 0.207. The van der Waals surface area contributed by atoms with Gasteiger partial charge < -0.3 is 14.5 Å². The van der Waals surface area contributed by atoms with E-state index in [0.717, 1.165) is 25.9 Å². The molecule has 0 aromatic carbocycles. The summed E-state index contributed by atoms with van der Waals surface area (Å²) in [5.41, 5.74) is 1.27. The van der Waals surface area contributed by atoms with Crippen LogP contribution in [-0.2, 0) is 14.3 Å². The van der Waals surface area contributed by atoms with Gasteiger partial charge in [0.05, 0.1) is 25.7 Å². The molecule has 3 heterocycles. The number of hydrogen-bond acceptors (Lipinski definition) is 4. The van der Waals surface area contributed by atoms with Crippen molar-refractivity contribution in [3.63, 3.8) is 0 Å². The smallest absolute Gasteiger partial charge is 0.237 e. The van der Waals surface area contributed by atoms with Gasteiger partial charge in [0.2, 0.25) is 11.8 Å². The summed E-state index contributed by atoms with van der Waals surface area (Å²) in [6.45, 7) is 13.3. The normalized spacial score (nSPS) is 29.2. The fraction of sp³-hybridized carbons (Fsp3) is 0.810. The van der Waals surface area contributed by atoms with E-state index in [9.17, 15) is 9.59 Å². The molecule has 0 bridgehead atoms. The molecule has 3 saturated heterocycles. The molecule has 0 radical (unpaired) electrons. The lowest BCUT2D eigenvalue weighted by Crippen LogP contribution is -2.56. The standard InChI is InChI=1S/C21H35N3O3/c1-15(2)5-6-22-13-17-12-18(21(26)23-7-9-27-10-8-23)19(11-16(3)4)24(17)20(25)14-22/h5,16-19H,6-14H2,1-4H3/t17-,18-,19-/m1/s1. The number of ether oxygens (including phenoxy) is 1. The van der Waals surface area contributed by atoms with Crippen molar-refractivity contribution in [1.29, 1.82) is 0 Å².